The first-order valence-electron chi connectivity index (χ1n) is 6.38. The molecule has 0 unspecified atom stereocenters. The van der Waals surface area contributed by atoms with Crippen molar-refractivity contribution >= 4 is 5.95 Å². The summed E-state index contributed by atoms with van der Waals surface area (Å²) in [5.74, 6) is 2.05. The highest BCUT2D eigenvalue weighted by Gasteiger charge is 2.07. The summed E-state index contributed by atoms with van der Waals surface area (Å²) in [4.78, 5) is 7.27. The molecule has 0 saturated carbocycles. The van der Waals surface area contributed by atoms with Crippen molar-refractivity contribution in [2.75, 3.05) is 5.73 Å². The van der Waals surface area contributed by atoms with Gasteiger partial charge in [-0.1, -0.05) is 18.2 Å². The molecule has 0 radical (unpaired) electrons. The first kappa shape index (κ1) is 12.3. The lowest BCUT2D eigenvalue weighted by Gasteiger charge is -2.06. The summed E-state index contributed by atoms with van der Waals surface area (Å²) in [6.45, 7) is 1.95. The molecule has 3 rings (SSSR count). The summed E-state index contributed by atoms with van der Waals surface area (Å²) in [5, 5.41) is 0. The number of aryl methyl sites for hydroxylation is 1. The van der Waals surface area contributed by atoms with Crippen LogP contribution in [0.2, 0.25) is 0 Å². The van der Waals surface area contributed by atoms with Crippen molar-refractivity contribution in [1.29, 1.82) is 0 Å². The van der Waals surface area contributed by atoms with Gasteiger partial charge < -0.3 is 15.5 Å². The Balaban J connectivity index is 1.83. The van der Waals surface area contributed by atoms with Gasteiger partial charge in [-0.15, -0.1) is 0 Å². The van der Waals surface area contributed by atoms with Gasteiger partial charge in [-0.2, -0.15) is 0 Å². The number of imidazole rings is 1. The van der Waals surface area contributed by atoms with Gasteiger partial charge >= 0.3 is 0 Å². The van der Waals surface area contributed by atoms with E-state index in [-0.39, 0.29) is 0 Å². The van der Waals surface area contributed by atoms with Gasteiger partial charge in [0, 0.05) is 11.3 Å². The van der Waals surface area contributed by atoms with E-state index in [1.165, 1.54) is 0 Å². The van der Waals surface area contributed by atoms with Gasteiger partial charge in [0.1, 0.15) is 11.5 Å². The van der Waals surface area contributed by atoms with Crippen molar-refractivity contribution in [3.05, 3.63) is 60.3 Å². The summed E-state index contributed by atoms with van der Waals surface area (Å²) in [5.41, 5.74) is 8.49. The van der Waals surface area contributed by atoms with Crippen LogP contribution in [0.5, 0.6) is 11.5 Å². The molecule has 0 spiro atoms. The Labute approximate surface area is 117 Å². The predicted molar refractivity (Wildman–Crippen MR) is 79.7 cm³/mol. The van der Waals surface area contributed by atoms with E-state index in [0.717, 1.165) is 28.5 Å². The molecule has 0 amide bonds. The van der Waals surface area contributed by atoms with Gasteiger partial charge in [0.05, 0.1) is 5.69 Å². The Hall–Kier alpha value is -2.75. The van der Waals surface area contributed by atoms with Gasteiger partial charge in [-0.3, -0.25) is 0 Å². The van der Waals surface area contributed by atoms with Gasteiger partial charge in [0.15, 0.2) is 5.95 Å². The number of anilines is 1. The zero-order valence-corrected chi connectivity index (χ0v) is 11.1. The molecule has 1 aromatic heterocycles. The fraction of sp³-hybridized carbons (Fsp3) is 0.0625. The van der Waals surface area contributed by atoms with Crippen LogP contribution in [-0.4, -0.2) is 9.97 Å². The largest absolute Gasteiger partial charge is 0.457 e. The lowest BCUT2D eigenvalue weighted by Crippen LogP contribution is -1.86. The van der Waals surface area contributed by atoms with E-state index in [0.29, 0.717) is 5.95 Å². The van der Waals surface area contributed by atoms with Crippen LogP contribution in [0, 0.1) is 6.92 Å². The second kappa shape index (κ2) is 5.09. The van der Waals surface area contributed by atoms with Gasteiger partial charge in [-0.25, -0.2) is 4.98 Å². The molecule has 0 fully saturated rings. The standard InChI is InChI=1S/C16H15N3O/c1-11-15(19-16(17)18-11)12-7-9-14(10-8-12)20-13-5-3-2-4-6-13/h2-10H,1H3,(H3,17,18,19). The number of hydrogen-bond donors (Lipinski definition) is 2. The number of nitrogens with one attached hydrogen (secondary N) is 1. The van der Waals surface area contributed by atoms with Crippen molar-refractivity contribution in [3.8, 4) is 22.8 Å². The fourth-order valence-corrected chi connectivity index (χ4v) is 2.07. The van der Waals surface area contributed by atoms with Crippen molar-refractivity contribution in [3.63, 3.8) is 0 Å². The third kappa shape index (κ3) is 2.49. The van der Waals surface area contributed by atoms with E-state index in [1.807, 2.05) is 61.5 Å². The number of benzene rings is 2. The second-order valence-corrected chi connectivity index (χ2v) is 4.54. The minimum Gasteiger partial charge on any atom is -0.457 e. The molecular weight excluding hydrogens is 250 g/mol. The van der Waals surface area contributed by atoms with Crippen LogP contribution in [0.1, 0.15) is 5.69 Å². The molecule has 4 nitrogen and oxygen atoms in total. The van der Waals surface area contributed by atoms with E-state index in [4.69, 9.17) is 10.5 Å². The summed E-state index contributed by atoms with van der Waals surface area (Å²) in [6, 6.07) is 17.5. The molecule has 0 aliphatic heterocycles. The van der Waals surface area contributed by atoms with Crippen molar-refractivity contribution < 1.29 is 4.74 Å². The number of aromatic nitrogens is 2. The Morgan fingerprint density at radius 1 is 0.950 bits per heavy atom. The van der Waals surface area contributed by atoms with E-state index in [2.05, 4.69) is 9.97 Å². The van der Waals surface area contributed by atoms with Crippen LogP contribution in [0.15, 0.2) is 54.6 Å². The summed E-state index contributed by atoms with van der Waals surface area (Å²) in [6.07, 6.45) is 0. The molecule has 2 aromatic carbocycles. The number of rotatable bonds is 3. The number of hydrogen-bond acceptors (Lipinski definition) is 3. The number of nitrogen functional groups attached to an aromatic ring is 1. The molecule has 1 heterocycles. The normalized spacial score (nSPS) is 10.4. The number of nitrogens with two attached hydrogens (primary N) is 1. The molecular formula is C16H15N3O. The first-order chi connectivity index (χ1) is 9.72. The third-order valence-corrected chi connectivity index (χ3v) is 3.01. The maximum atomic E-state index is 5.75. The Kier molecular flexibility index (Phi) is 3.13. The lowest BCUT2D eigenvalue weighted by atomic mass is 10.1. The van der Waals surface area contributed by atoms with Crippen LogP contribution in [0.25, 0.3) is 11.3 Å². The van der Waals surface area contributed by atoms with E-state index < -0.39 is 0 Å². The minimum atomic E-state index is 0.433. The monoisotopic (exact) mass is 265 g/mol. The average Bonchev–Trinajstić information content (AvgIpc) is 2.80. The Morgan fingerprint density at radius 3 is 2.20 bits per heavy atom. The van der Waals surface area contributed by atoms with E-state index in [9.17, 15) is 0 Å². The van der Waals surface area contributed by atoms with Crippen LogP contribution in [0.4, 0.5) is 5.95 Å². The van der Waals surface area contributed by atoms with Crippen LogP contribution in [-0.2, 0) is 0 Å². The van der Waals surface area contributed by atoms with Gasteiger partial charge in [0.25, 0.3) is 0 Å². The number of aromatic amines is 1. The summed E-state index contributed by atoms with van der Waals surface area (Å²) < 4.78 is 5.75. The summed E-state index contributed by atoms with van der Waals surface area (Å²) in [7, 11) is 0. The molecule has 0 atom stereocenters. The van der Waals surface area contributed by atoms with Gasteiger partial charge in [0.2, 0.25) is 0 Å². The Morgan fingerprint density at radius 2 is 1.60 bits per heavy atom. The summed E-state index contributed by atoms with van der Waals surface area (Å²) >= 11 is 0. The lowest BCUT2D eigenvalue weighted by molar-refractivity contribution is 0.483. The molecule has 100 valence electrons. The second-order valence-electron chi connectivity index (χ2n) is 4.54. The van der Waals surface area contributed by atoms with Gasteiger partial charge in [-0.05, 0) is 43.3 Å². The molecule has 0 bridgehead atoms. The minimum absolute atomic E-state index is 0.433. The quantitative estimate of drug-likeness (QED) is 0.757. The zero-order chi connectivity index (χ0) is 13.9. The highest BCUT2D eigenvalue weighted by Crippen LogP contribution is 2.26. The number of ether oxygens (including phenoxy) is 1. The fourth-order valence-electron chi connectivity index (χ4n) is 2.07. The molecule has 0 aliphatic carbocycles. The predicted octanol–water partition coefficient (Wildman–Crippen LogP) is 3.76. The zero-order valence-electron chi connectivity index (χ0n) is 11.1. The first-order valence-corrected chi connectivity index (χ1v) is 6.38. The number of nitrogens with zero attached hydrogens (tertiary/aromatic N) is 1. The molecule has 0 aliphatic rings. The number of para-hydroxylation sites is 1. The highest BCUT2D eigenvalue weighted by atomic mass is 16.5. The van der Waals surface area contributed by atoms with Crippen molar-refractivity contribution in [2.45, 2.75) is 6.92 Å². The number of H-pyrrole nitrogens is 1. The smallest absolute Gasteiger partial charge is 0.198 e. The van der Waals surface area contributed by atoms with E-state index >= 15 is 0 Å². The molecule has 3 N–H and O–H groups in total. The Bertz CT molecular complexity index is 702. The van der Waals surface area contributed by atoms with E-state index in [1.54, 1.807) is 0 Å². The molecule has 0 saturated heterocycles. The van der Waals surface area contributed by atoms with Crippen LogP contribution < -0.4 is 10.5 Å². The maximum absolute atomic E-state index is 5.75. The van der Waals surface area contributed by atoms with Crippen LogP contribution in [0.3, 0.4) is 0 Å². The third-order valence-electron chi connectivity index (χ3n) is 3.01. The van der Waals surface area contributed by atoms with Crippen LogP contribution >= 0.6 is 0 Å². The molecule has 4 heteroatoms. The molecule has 20 heavy (non-hydrogen) atoms. The van der Waals surface area contributed by atoms with Crippen molar-refractivity contribution in [1.82, 2.24) is 9.97 Å². The maximum Gasteiger partial charge on any atom is 0.198 e. The van der Waals surface area contributed by atoms with Crippen molar-refractivity contribution in [2.24, 2.45) is 0 Å². The highest BCUT2D eigenvalue weighted by molar-refractivity contribution is 5.64. The topological polar surface area (TPSA) is 63.9 Å². The average molecular weight is 265 g/mol. The molecule has 3 aromatic rings. The SMILES string of the molecule is Cc1[nH]c(N)nc1-c1ccc(Oc2ccccc2)cc1.